The van der Waals surface area contributed by atoms with E-state index in [-0.39, 0.29) is 42.1 Å². The number of aryl methyl sites for hydroxylation is 1. The Morgan fingerprint density at radius 3 is 2.17 bits per heavy atom. The molecule has 10 heteroatoms. The van der Waals surface area contributed by atoms with E-state index in [1.807, 2.05) is 75.4 Å². The summed E-state index contributed by atoms with van der Waals surface area (Å²) in [6, 6.07) is 28.5. The molecule has 0 aliphatic heterocycles. The molecule has 242 valence electrons. The molecule has 0 spiro atoms. The minimum absolute atomic E-state index is 0.0420. The molecular weight excluding hydrogens is 622 g/mol. The van der Waals surface area contributed by atoms with Gasteiger partial charge in [-0.05, 0) is 75.2 Å². The standard InChI is InChI=1S/C36H40ClN3O5S/c1-5-45-34-17-10-9-16-32(34)40(46(43,44)31-20-18-30(37)19-21-31)25-35(41)39(24-29-15-11-12-27(4)22-29)33(36(42)38-26(2)3)23-28-13-7-6-8-14-28/h6-22,26,33H,5,23-25H2,1-4H3,(H,38,42)/t33-/m0/s1. The molecule has 4 aromatic rings. The van der Waals surface area contributed by atoms with Crippen molar-refractivity contribution in [2.75, 3.05) is 17.5 Å². The van der Waals surface area contributed by atoms with Crippen molar-refractivity contribution in [3.8, 4) is 5.75 Å². The first kappa shape index (κ1) is 34.5. The van der Waals surface area contributed by atoms with Crippen molar-refractivity contribution in [2.24, 2.45) is 0 Å². The number of nitrogens with one attached hydrogen (secondary N) is 1. The van der Waals surface area contributed by atoms with Gasteiger partial charge in [-0.3, -0.25) is 13.9 Å². The lowest BCUT2D eigenvalue weighted by Crippen LogP contribution is -2.54. The van der Waals surface area contributed by atoms with E-state index in [0.717, 1.165) is 21.0 Å². The normalized spacial score (nSPS) is 12.0. The molecule has 0 fully saturated rings. The second-order valence-corrected chi connectivity index (χ2v) is 13.5. The van der Waals surface area contributed by atoms with Crippen molar-refractivity contribution in [3.63, 3.8) is 0 Å². The van der Waals surface area contributed by atoms with Gasteiger partial charge in [0.2, 0.25) is 11.8 Å². The highest BCUT2D eigenvalue weighted by Crippen LogP contribution is 2.33. The summed E-state index contributed by atoms with van der Waals surface area (Å²) in [7, 11) is -4.30. The highest BCUT2D eigenvalue weighted by molar-refractivity contribution is 7.92. The molecule has 0 saturated carbocycles. The van der Waals surface area contributed by atoms with Crippen LogP contribution in [0.4, 0.5) is 5.69 Å². The Balaban J connectivity index is 1.84. The van der Waals surface area contributed by atoms with Gasteiger partial charge < -0.3 is 15.0 Å². The van der Waals surface area contributed by atoms with Crippen molar-refractivity contribution in [1.29, 1.82) is 0 Å². The molecule has 0 aliphatic rings. The van der Waals surface area contributed by atoms with Gasteiger partial charge in [-0.25, -0.2) is 8.42 Å². The number of hydrogen-bond acceptors (Lipinski definition) is 5. The number of para-hydroxylation sites is 2. The molecule has 0 aliphatic carbocycles. The summed E-state index contributed by atoms with van der Waals surface area (Å²) in [5.74, 6) is -0.578. The first-order chi connectivity index (χ1) is 22.0. The summed E-state index contributed by atoms with van der Waals surface area (Å²) in [4.78, 5) is 29.9. The van der Waals surface area contributed by atoms with Crippen LogP contribution in [0.1, 0.15) is 37.5 Å². The number of amides is 2. The zero-order valence-corrected chi connectivity index (χ0v) is 28.1. The van der Waals surface area contributed by atoms with Crippen LogP contribution in [0.25, 0.3) is 0 Å². The first-order valence-corrected chi connectivity index (χ1v) is 17.0. The summed E-state index contributed by atoms with van der Waals surface area (Å²) < 4.78 is 35.4. The Hall–Kier alpha value is -4.34. The molecule has 1 N–H and O–H groups in total. The van der Waals surface area contributed by atoms with Crippen molar-refractivity contribution < 1.29 is 22.7 Å². The summed E-state index contributed by atoms with van der Waals surface area (Å²) in [5.41, 5.74) is 2.87. The SMILES string of the molecule is CCOc1ccccc1N(CC(=O)N(Cc1cccc(C)c1)[C@@H](Cc1ccccc1)C(=O)NC(C)C)S(=O)(=O)c1ccc(Cl)cc1. The second kappa shape index (κ2) is 15.8. The number of ether oxygens (including phenoxy) is 1. The molecule has 0 saturated heterocycles. The van der Waals surface area contributed by atoms with Gasteiger partial charge in [0, 0.05) is 24.0 Å². The number of nitrogens with zero attached hydrogens (tertiary/aromatic N) is 2. The average Bonchev–Trinajstić information content (AvgIpc) is 3.02. The van der Waals surface area contributed by atoms with Gasteiger partial charge >= 0.3 is 0 Å². The molecule has 0 bridgehead atoms. The molecule has 0 radical (unpaired) electrons. The topological polar surface area (TPSA) is 96.0 Å². The molecule has 0 aromatic heterocycles. The zero-order chi connectivity index (χ0) is 33.3. The number of carbonyl (C=O) groups excluding carboxylic acids is 2. The van der Waals surface area contributed by atoms with E-state index in [4.69, 9.17) is 16.3 Å². The molecule has 0 heterocycles. The largest absolute Gasteiger partial charge is 0.492 e. The van der Waals surface area contributed by atoms with Gasteiger partial charge in [0.25, 0.3) is 10.0 Å². The quantitative estimate of drug-likeness (QED) is 0.169. The molecular formula is C36H40ClN3O5S. The lowest BCUT2D eigenvalue weighted by Gasteiger charge is -2.34. The Labute approximate surface area is 277 Å². The average molecular weight is 662 g/mol. The van der Waals surface area contributed by atoms with E-state index < -0.39 is 28.5 Å². The summed E-state index contributed by atoms with van der Waals surface area (Å²) in [6.45, 7) is 7.25. The fourth-order valence-electron chi connectivity index (χ4n) is 5.13. The number of sulfonamides is 1. The Bertz CT molecular complexity index is 1730. The molecule has 2 amide bonds. The van der Waals surface area contributed by atoms with Gasteiger partial charge in [-0.2, -0.15) is 0 Å². The van der Waals surface area contributed by atoms with Gasteiger partial charge in [0.05, 0.1) is 17.2 Å². The Kier molecular flexibility index (Phi) is 11.8. The van der Waals surface area contributed by atoms with Crippen molar-refractivity contribution >= 4 is 39.1 Å². The van der Waals surface area contributed by atoms with Crippen LogP contribution in [0.3, 0.4) is 0 Å². The maximum absolute atomic E-state index is 14.6. The monoisotopic (exact) mass is 661 g/mol. The van der Waals surface area contributed by atoms with Crippen LogP contribution in [0, 0.1) is 6.92 Å². The highest BCUT2D eigenvalue weighted by atomic mass is 35.5. The van der Waals surface area contributed by atoms with E-state index in [2.05, 4.69) is 5.32 Å². The summed E-state index contributed by atoms with van der Waals surface area (Å²) >= 11 is 6.08. The first-order valence-electron chi connectivity index (χ1n) is 15.2. The van der Waals surface area contributed by atoms with Crippen LogP contribution in [0.5, 0.6) is 5.75 Å². The van der Waals surface area contributed by atoms with Crippen molar-refractivity contribution in [2.45, 2.75) is 57.6 Å². The predicted molar refractivity (Wildman–Crippen MR) is 183 cm³/mol. The fraction of sp³-hybridized carbons (Fsp3) is 0.278. The van der Waals surface area contributed by atoms with E-state index >= 15 is 0 Å². The van der Waals surface area contributed by atoms with Crippen molar-refractivity contribution in [3.05, 3.63) is 125 Å². The third-order valence-electron chi connectivity index (χ3n) is 7.25. The van der Waals surface area contributed by atoms with Crippen LogP contribution in [-0.4, -0.2) is 50.4 Å². The van der Waals surface area contributed by atoms with Crippen molar-refractivity contribution in [1.82, 2.24) is 10.2 Å². The number of anilines is 1. The van der Waals surface area contributed by atoms with Gasteiger partial charge in [0.15, 0.2) is 0 Å². The maximum atomic E-state index is 14.6. The van der Waals surface area contributed by atoms with Crippen LogP contribution < -0.4 is 14.4 Å². The highest BCUT2D eigenvalue weighted by Gasteiger charge is 2.35. The van der Waals surface area contributed by atoms with Gasteiger partial charge in [0.1, 0.15) is 18.3 Å². The minimum atomic E-state index is -4.30. The Morgan fingerprint density at radius 1 is 0.870 bits per heavy atom. The molecule has 46 heavy (non-hydrogen) atoms. The predicted octanol–water partition coefficient (Wildman–Crippen LogP) is 6.41. The summed E-state index contributed by atoms with van der Waals surface area (Å²) in [5, 5.41) is 3.35. The lowest BCUT2D eigenvalue weighted by atomic mass is 10.0. The molecule has 4 aromatic carbocycles. The lowest BCUT2D eigenvalue weighted by molar-refractivity contribution is -0.140. The molecule has 1 atom stereocenters. The molecule has 4 rings (SSSR count). The van der Waals surface area contributed by atoms with Crippen LogP contribution in [0.2, 0.25) is 5.02 Å². The number of benzene rings is 4. The number of halogens is 1. The third kappa shape index (κ3) is 8.89. The fourth-order valence-corrected chi connectivity index (χ4v) is 6.68. The van der Waals surface area contributed by atoms with E-state index in [9.17, 15) is 18.0 Å². The maximum Gasteiger partial charge on any atom is 0.264 e. The van der Waals surface area contributed by atoms with Gasteiger partial charge in [-0.15, -0.1) is 0 Å². The van der Waals surface area contributed by atoms with E-state index in [0.29, 0.717) is 10.8 Å². The van der Waals surface area contributed by atoms with Crippen LogP contribution >= 0.6 is 11.6 Å². The number of carbonyl (C=O) groups is 2. The second-order valence-electron chi connectivity index (χ2n) is 11.2. The van der Waals surface area contributed by atoms with E-state index in [1.165, 1.54) is 29.2 Å². The number of rotatable bonds is 14. The van der Waals surface area contributed by atoms with Gasteiger partial charge in [-0.1, -0.05) is 83.9 Å². The Morgan fingerprint density at radius 2 is 1.52 bits per heavy atom. The van der Waals surface area contributed by atoms with Crippen LogP contribution in [-0.2, 0) is 32.6 Å². The smallest absolute Gasteiger partial charge is 0.264 e. The third-order valence-corrected chi connectivity index (χ3v) is 9.28. The summed E-state index contributed by atoms with van der Waals surface area (Å²) in [6.07, 6.45) is 0.233. The minimum Gasteiger partial charge on any atom is -0.492 e. The number of hydrogen-bond donors (Lipinski definition) is 1. The molecule has 0 unspecified atom stereocenters. The van der Waals surface area contributed by atoms with Crippen LogP contribution in [0.15, 0.2) is 108 Å². The van der Waals surface area contributed by atoms with E-state index in [1.54, 1.807) is 31.2 Å². The zero-order valence-electron chi connectivity index (χ0n) is 26.5. The molecule has 8 nitrogen and oxygen atoms in total.